The van der Waals surface area contributed by atoms with Gasteiger partial charge in [0.1, 0.15) is 0 Å². The summed E-state index contributed by atoms with van der Waals surface area (Å²) in [7, 11) is 0. The second kappa shape index (κ2) is 8.99. The molecule has 132 valence electrons. The minimum atomic E-state index is -0.268. The fourth-order valence-corrected chi connectivity index (χ4v) is 1.59. The zero-order valence-electron chi connectivity index (χ0n) is 12.7. The Labute approximate surface area is 148 Å². The summed E-state index contributed by atoms with van der Waals surface area (Å²) < 4.78 is 0. The van der Waals surface area contributed by atoms with Gasteiger partial charge in [-0.2, -0.15) is 10.2 Å². The molecule has 0 spiro atoms. The van der Waals surface area contributed by atoms with E-state index in [0.717, 1.165) is 0 Å². The minimum Gasteiger partial charge on any atom is -0.504 e. The molecule has 0 saturated heterocycles. The van der Waals surface area contributed by atoms with Gasteiger partial charge in [-0.25, -0.2) is 5.43 Å². The van der Waals surface area contributed by atoms with Crippen molar-refractivity contribution in [1.29, 1.82) is 0 Å². The highest BCUT2D eigenvalue weighted by Gasteiger charge is 1.99. The highest BCUT2D eigenvalue weighted by atomic mass is 35.5. The van der Waals surface area contributed by atoms with Crippen LogP contribution in [0, 0.1) is 0 Å². The highest BCUT2D eigenvalue weighted by Crippen LogP contribution is 2.24. The fourth-order valence-electron chi connectivity index (χ4n) is 1.59. The fraction of sp³-hybridized carbons (Fsp3) is 0. The molecule has 0 aliphatic carbocycles. The van der Waals surface area contributed by atoms with Gasteiger partial charge in [0.2, 0.25) is 5.96 Å². The lowest BCUT2D eigenvalue weighted by molar-refractivity contribution is 0.403. The third kappa shape index (κ3) is 5.92. The molecule has 0 aromatic heterocycles. The molecule has 0 saturated carbocycles. The van der Waals surface area contributed by atoms with Crippen LogP contribution in [0.5, 0.6) is 23.0 Å². The van der Waals surface area contributed by atoms with Crippen LogP contribution in [0.4, 0.5) is 0 Å². The maximum absolute atomic E-state index is 9.34. The monoisotopic (exact) mass is 365 g/mol. The molecule has 25 heavy (non-hydrogen) atoms. The molecule has 2 rings (SSSR count). The van der Waals surface area contributed by atoms with Crippen LogP contribution < -0.4 is 11.2 Å². The van der Waals surface area contributed by atoms with Gasteiger partial charge < -0.3 is 26.2 Å². The van der Waals surface area contributed by atoms with Crippen LogP contribution in [0.1, 0.15) is 11.1 Å². The first-order chi connectivity index (χ1) is 11.5. The molecular weight excluding hydrogens is 350 g/mol. The van der Waals surface area contributed by atoms with Crippen molar-refractivity contribution >= 4 is 30.8 Å². The number of benzene rings is 2. The van der Waals surface area contributed by atoms with E-state index in [1.54, 1.807) is 6.07 Å². The maximum Gasteiger partial charge on any atom is 0.234 e. The Bertz CT molecular complexity index is 824. The third-order valence-corrected chi connectivity index (χ3v) is 2.76. The first kappa shape index (κ1) is 19.6. The Morgan fingerprint density at radius 3 is 1.88 bits per heavy atom. The standard InChI is InChI=1S/C15H15N5O4.ClH/c16-15(19-17-7-9-1-3-11(21)13(23)5-9)20-18-8-10-2-4-12(22)14(24)6-10;/h1-8,21-24H,(H3,16,19,20);1H/b17-7+,18-8+;. The number of rotatable bonds is 4. The average Bonchev–Trinajstić information content (AvgIpc) is 2.54. The molecule has 2 aromatic rings. The van der Waals surface area contributed by atoms with E-state index in [4.69, 9.17) is 5.73 Å². The number of nitrogens with one attached hydrogen (secondary N) is 1. The van der Waals surface area contributed by atoms with E-state index in [1.165, 1.54) is 42.8 Å². The van der Waals surface area contributed by atoms with Crippen molar-refractivity contribution in [2.24, 2.45) is 21.0 Å². The van der Waals surface area contributed by atoms with E-state index in [1.807, 2.05) is 0 Å². The first-order valence-corrected chi connectivity index (χ1v) is 6.65. The zero-order valence-corrected chi connectivity index (χ0v) is 13.6. The van der Waals surface area contributed by atoms with E-state index < -0.39 is 0 Å². The third-order valence-electron chi connectivity index (χ3n) is 2.76. The number of nitrogens with zero attached hydrogens (tertiary/aromatic N) is 3. The number of halogens is 1. The zero-order chi connectivity index (χ0) is 17.5. The van der Waals surface area contributed by atoms with E-state index in [2.05, 4.69) is 20.7 Å². The Morgan fingerprint density at radius 2 is 1.36 bits per heavy atom. The second-order valence-corrected chi connectivity index (χ2v) is 4.60. The van der Waals surface area contributed by atoms with Crippen LogP contribution in [0.3, 0.4) is 0 Å². The SMILES string of the molecule is Cl.NC(=N/N=C/c1ccc(O)c(O)c1)N/N=C/c1ccc(O)c(O)c1. The van der Waals surface area contributed by atoms with Gasteiger partial charge in [-0.3, -0.25) is 0 Å². The summed E-state index contributed by atoms with van der Waals surface area (Å²) in [5, 5.41) is 48.2. The number of phenols is 4. The van der Waals surface area contributed by atoms with Crippen LogP contribution in [0.2, 0.25) is 0 Å². The molecule has 0 radical (unpaired) electrons. The largest absolute Gasteiger partial charge is 0.504 e. The van der Waals surface area contributed by atoms with Crippen molar-refractivity contribution < 1.29 is 20.4 Å². The summed E-state index contributed by atoms with van der Waals surface area (Å²) in [6.07, 6.45) is 2.69. The molecule has 0 heterocycles. The molecule has 0 unspecified atom stereocenters. The summed E-state index contributed by atoms with van der Waals surface area (Å²) in [5.74, 6) is -1.08. The lowest BCUT2D eigenvalue weighted by Gasteiger charge is -1.99. The molecule has 9 nitrogen and oxygen atoms in total. The molecule has 10 heteroatoms. The van der Waals surface area contributed by atoms with Crippen molar-refractivity contribution in [3.8, 4) is 23.0 Å². The topological polar surface area (TPSA) is 156 Å². The Balaban J connectivity index is 0.00000312. The van der Waals surface area contributed by atoms with Crippen LogP contribution >= 0.6 is 12.4 Å². The Hall–Kier alpha value is -3.46. The molecular formula is C15H16ClN5O4. The molecule has 0 atom stereocenters. The molecule has 0 fully saturated rings. The van der Waals surface area contributed by atoms with Crippen molar-refractivity contribution in [2.75, 3.05) is 0 Å². The summed E-state index contributed by atoms with van der Waals surface area (Å²) in [6.45, 7) is 0. The van der Waals surface area contributed by atoms with Gasteiger partial charge in [0, 0.05) is 0 Å². The summed E-state index contributed by atoms with van der Waals surface area (Å²) in [6, 6.07) is 8.36. The molecule has 7 N–H and O–H groups in total. The summed E-state index contributed by atoms with van der Waals surface area (Å²) >= 11 is 0. The lowest BCUT2D eigenvalue weighted by atomic mass is 10.2. The van der Waals surface area contributed by atoms with E-state index in [0.29, 0.717) is 11.1 Å². The van der Waals surface area contributed by atoms with E-state index >= 15 is 0 Å². The van der Waals surface area contributed by atoms with Gasteiger partial charge in [0.05, 0.1) is 12.4 Å². The average molecular weight is 366 g/mol. The van der Waals surface area contributed by atoms with E-state index in [9.17, 15) is 20.4 Å². The van der Waals surface area contributed by atoms with Gasteiger partial charge in [-0.1, -0.05) is 0 Å². The number of guanidine groups is 1. The van der Waals surface area contributed by atoms with Gasteiger partial charge in [-0.15, -0.1) is 17.5 Å². The smallest absolute Gasteiger partial charge is 0.234 e. The predicted molar refractivity (Wildman–Crippen MR) is 96.7 cm³/mol. The number of hydrazone groups is 1. The highest BCUT2D eigenvalue weighted by molar-refractivity contribution is 5.85. The van der Waals surface area contributed by atoms with E-state index in [-0.39, 0.29) is 41.4 Å². The molecule has 0 aliphatic heterocycles. The second-order valence-electron chi connectivity index (χ2n) is 4.60. The molecule has 0 amide bonds. The van der Waals surface area contributed by atoms with Crippen LogP contribution in [0.15, 0.2) is 51.7 Å². The van der Waals surface area contributed by atoms with Crippen molar-refractivity contribution in [2.45, 2.75) is 0 Å². The lowest BCUT2D eigenvalue weighted by Crippen LogP contribution is -2.26. The molecule has 0 aliphatic rings. The number of hydrogen-bond acceptors (Lipinski definition) is 7. The molecule has 2 aromatic carbocycles. The van der Waals surface area contributed by atoms with Crippen LogP contribution in [-0.4, -0.2) is 38.8 Å². The van der Waals surface area contributed by atoms with Crippen LogP contribution in [-0.2, 0) is 0 Å². The summed E-state index contributed by atoms with van der Waals surface area (Å²) in [4.78, 5) is 0. The van der Waals surface area contributed by atoms with Gasteiger partial charge in [0.15, 0.2) is 23.0 Å². The number of hydrogen-bond donors (Lipinski definition) is 6. The van der Waals surface area contributed by atoms with Crippen molar-refractivity contribution in [1.82, 2.24) is 5.43 Å². The van der Waals surface area contributed by atoms with Crippen LogP contribution in [0.25, 0.3) is 0 Å². The van der Waals surface area contributed by atoms with Gasteiger partial charge in [0.25, 0.3) is 0 Å². The maximum atomic E-state index is 9.34. The van der Waals surface area contributed by atoms with Crippen molar-refractivity contribution in [3.63, 3.8) is 0 Å². The number of nitrogens with two attached hydrogens (primary N) is 1. The summed E-state index contributed by atoms with van der Waals surface area (Å²) in [5.41, 5.74) is 9.02. The minimum absolute atomic E-state index is 0. The number of phenolic OH excluding ortho intramolecular Hbond substituents is 4. The van der Waals surface area contributed by atoms with Gasteiger partial charge in [-0.05, 0) is 47.5 Å². The molecule has 0 bridgehead atoms. The normalized spacial score (nSPS) is 11.6. The number of aromatic hydroxyl groups is 4. The van der Waals surface area contributed by atoms with Gasteiger partial charge >= 0.3 is 0 Å². The quantitative estimate of drug-likeness (QED) is 0.207. The predicted octanol–water partition coefficient (Wildman–Crippen LogP) is 1.20. The Kier molecular flexibility index (Phi) is 7.04. The first-order valence-electron chi connectivity index (χ1n) is 6.65. The van der Waals surface area contributed by atoms with Crippen molar-refractivity contribution in [3.05, 3.63) is 47.5 Å². The Morgan fingerprint density at radius 1 is 0.840 bits per heavy atom.